The Balaban J connectivity index is 1.94. The van der Waals surface area contributed by atoms with Gasteiger partial charge in [0.2, 0.25) is 10.0 Å². The molecule has 0 atom stereocenters. The van der Waals surface area contributed by atoms with E-state index in [4.69, 9.17) is 4.42 Å². The zero-order chi connectivity index (χ0) is 18.6. The Morgan fingerprint density at radius 3 is 2.42 bits per heavy atom. The lowest BCUT2D eigenvalue weighted by molar-refractivity contribution is 0.101. The van der Waals surface area contributed by atoms with Crippen LogP contribution >= 0.6 is 0 Å². The van der Waals surface area contributed by atoms with Gasteiger partial charge in [-0.25, -0.2) is 8.42 Å². The van der Waals surface area contributed by atoms with Crippen molar-refractivity contribution in [2.75, 3.05) is 0 Å². The van der Waals surface area contributed by atoms with Gasteiger partial charge in [-0.2, -0.15) is 4.31 Å². The predicted molar refractivity (Wildman–Crippen MR) is 95.8 cm³/mol. The number of hydrogen-bond acceptors (Lipinski definition) is 5. The first-order chi connectivity index (χ1) is 12.5. The maximum absolute atomic E-state index is 13.1. The number of ketones is 1. The van der Waals surface area contributed by atoms with Crippen molar-refractivity contribution in [1.29, 1.82) is 0 Å². The summed E-state index contributed by atoms with van der Waals surface area (Å²) in [4.78, 5) is 15.6. The third-order valence-electron chi connectivity index (χ3n) is 3.89. The molecule has 2 aromatic heterocycles. The van der Waals surface area contributed by atoms with Gasteiger partial charge < -0.3 is 4.42 Å². The molecule has 0 amide bonds. The van der Waals surface area contributed by atoms with E-state index in [9.17, 15) is 13.2 Å². The predicted octanol–water partition coefficient (Wildman–Crippen LogP) is 3.27. The largest absolute Gasteiger partial charge is 0.468 e. The Morgan fingerprint density at radius 1 is 1.08 bits per heavy atom. The molecule has 0 spiro atoms. The molecule has 0 aliphatic heterocycles. The highest BCUT2D eigenvalue weighted by Crippen LogP contribution is 2.22. The number of carbonyl (C=O) groups is 1. The average molecular weight is 370 g/mol. The summed E-state index contributed by atoms with van der Waals surface area (Å²) in [6, 6.07) is 12.9. The molecule has 3 rings (SSSR count). The van der Waals surface area contributed by atoms with E-state index >= 15 is 0 Å². The lowest BCUT2D eigenvalue weighted by Crippen LogP contribution is -2.30. The van der Waals surface area contributed by atoms with Gasteiger partial charge in [-0.3, -0.25) is 9.78 Å². The Hall–Kier alpha value is -2.77. The molecule has 7 heteroatoms. The highest BCUT2D eigenvalue weighted by Gasteiger charge is 2.26. The molecule has 0 radical (unpaired) electrons. The number of nitrogens with zero attached hydrogens (tertiary/aromatic N) is 2. The van der Waals surface area contributed by atoms with Crippen molar-refractivity contribution in [3.8, 4) is 0 Å². The van der Waals surface area contributed by atoms with Crippen LogP contribution in [-0.2, 0) is 23.1 Å². The van der Waals surface area contributed by atoms with E-state index in [0.29, 0.717) is 11.3 Å². The SMILES string of the molecule is CC(=O)c1ccc(S(=O)(=O)N(Cc2cccnc2)Cc2ccco2)cc1. The summed E-state index contributed by atoms with van der Waals surface area (Å²) in [5, 5.41) is 0. The van der Waals surface area contributed by atoms with E-state index in [-0.39, 0.29) is 23.8 Å². The smallest absolute Gasteiger partial charge is 0.243 e. The number of furan rings is 1. The Bertz CT molecular complexity index is 966. The molecular formula is C19H18N2O4S. The number of sulfonamides is 1. The van der Waals surface area contributed by atoms with E-state index in [1.165, 1.54) is 41.8 Å². The van der Waals surface area contributed by atoms with Gasteiger partial charge >= 0.3 is 0 Å². The second-order valence-electron chi connectivity index (χ2n) is 5.79. The first-order valence-corrected chi connectivity index (χ1v) is 9.43. The lowest BCUT2D eigenvalue weighted by atomic mass is 10.2. The van der Waals surface area contributed by atoms with Crippen molar-refractivity contribution in [2.45, 2.75) is 24.9 Å². The van der Waals surface area contributed by atoms with Gasteiger partial charge in [0.15, 0.2) is 5.78 Å². The minimum Gasteiger partial charge on any atom is -0.468 e. The van der Waals surface area contributed by atoms with Gasteiger partial charge in [-0.15, -0.1) is 0 Å². The van der Waals surface area contributed by atoms with Crippen molar-refractivity contribution in [3.63, 3.8) is 0 Å². The first-order valence-electron chi connectivity index (χ1n) is 7.99. The molecule has 0 fully saturated rings. The molecule has 134 valence electrons. The van der Waals surface area contributed by atoms with Crippen LogP contribution in [0, 0.1) is 0 Å². The van der Waals surface area contributed by atoms with Crippen molar-refractivity contribution < 1.29 is 17.6 Å². The summed E-state index contributed by atoms with van der Waals surface area (Å²) in [7, 11) is -3.78. The van der Waals surface area contributed by atoms with Crippen molar-refractivity contribution in [2.24, 2.45) is 0 Å². The monoisotopic (exact) mass is 370 g/mol. The van der Waals surface area contributed by atoms with E-state index in [1.807, 2.05) is 6.07 Å². The Morgan fingerprint density at radius 2 is 1.85 bits per heavy atom. The van der Waals surface area contributed by atoms with E-state index < -0.39 is 10.0 Å². The molecule has 0 unspecified atom stereocenters. The topological polar surface area (TPSA) is 80.5 Å². The van der Waals surface area contributed by atoms with Gasteiger partial charge in [0.25, 0.3) is 0 Å². The number of pyridine rings is 1. The molecule has 0 aliphatic carbocycles. The van der Waals surface area contributed by atoms with Crippen LogP contribution in [0.15, 0.2) is 76.5 Å². The molecule has 0 saturated carbocycles. The minimum atomic E-state index is -3.78. The fourth-order valence-corrected chi connectivity index (χ4v) is 3.90. The van der Waals surface area contributed by atoms with Gasteiger partial charge in [-0.05, 0) is 42.8 Å². The number of carbonyl (C=O) groups excluding carboxylic acids is 1. The molecule has 26 heavy (non-hydrogen) atoms. The van der Waals surface area contributed by atoms with Crippen LogP contribution in [0.5, 0.6) is 0 Å². The van der Waals surface area contributed by atoms with Crippen LogP contribution in [0.1, 0.15) is 28.6 Å². The van der Waals surface area contributed by atoms with Gasteiger partial charge in [-0.1, -0.05) is 18.2 Å². The third kappa shape index (κ3) is 4.07. The van der Waals surface area contributed by atoms with Crippen LogP contribution in [-0.4, -0.2) is 23.5 Å². The van der Waals surface area contributed by atoms with Crippen LogP contribution in [0.2, 0.25) is 0 Å². The van der Waals surface area contributed by atoms with Crippen molar-refractivity contribution in [1.82, 2.24) is 9.29 Å². The average Bonchev–Trinajstić information content (AvgIpc) is 3.15. The van der Waals surface area contributed by atoms with E-state index in [1.54, 1.807) is 30.6 Å². The number of hydrogen-bond donors (Lipinski definition) is 0. The molecule has 1 aromatic carbocycles. The van der Waals surface area contributed by atoms with E-state index in [0.717, 1.165) is 5.56 Å². The highest BCUT2D eigenvalue weighted by molar-refractivity contribution is 7.89. The number of Topliss-reactive ketones (excluding diaryl/α,β-unsaturated/α-hetero) is 1. The lowest BCUT2D eigenvalue weighted by Gasteiger charge is -2.21. The van der Waals surface area contributed by atoms with Crippen LogP contribution in [0.25, 0.3) is 0 Å². The number of benzene rings is 1. The van der Waals surface area contributed by atoms with Crippen molar-refractivity contribution >= 4 is 15.8 Å². The highest BCUT2D eigenvalue weighted by atomic mass is 32.2. The van der Waals surface area contributed by atoms with E-state index in [2.05, 4.69) is 4.98 Å². The minimum absolute atomic E-state index is 0.0959. The molecule has 6 nitrogen and oxygen atoms in total. The van der Waals surface area contributed by atoms with Crippen LogP contribution in [0.3, 0.4) is 0 Å². The molecule has 2 heterocycles. The summed E-state index contributed by atoms with van der Waals surface area (Å²) in [5.74, 6) is 0.426. The van der Waals surface area contributed by atoms with Crippen LogP contribution in [0.4, 0.5) is 0 Å². The number of aromatic nitrogens is 1. The molecule has 3 aromatic rings. The summed E-state index contributed by atoms with van der Waals surface area (Å²) in [5.41, 5.74) is 1.23. The fourth-order valence-electron chi connectivity index (χ4n) is 2.51. The standard InChI is InChI=1S/C19H18N2O4S/c1-15(22)17-6-8-19(9-7-17)26(23,24)21(14-18-5-3-11-25-18)13-16-4-2-10-20-12-16/h2-12H,13-14H2,1H3. The van der Waals surface area contributed by atoms with Crippen molar-refractivity contribution in [3.05, 3.63) is 84.1 Å². The van der Waals surface area contributed by atoms with Gasteiger partial charge in [0, 0.05) is 24.5 Å². The normalized spacial score (nSPS) is 11.6. The second-order valence-corrected chi connectivity index (χ2v) is 7.73. The Kier molecular flexibility index (Phi) is 5.29. The van der Waals surface area contributed by atoms with Crippen LogP contribution < -0.4 is 0 Å². The first kappa shape index (κ1) is 18.0. The molecule has 0 saturated heterocycles. The quantitative estimate of drug-likeness (QED) is 0.596. The summed E-state index contributed by atoms with van der Waals surface area (Å²) in [6.45, 7) is 1.69. The third-order valence-corrected chi connectivity index (χ3v) is 5.70. The Labute approximate surface area is 152 Å². The molecule has 0 aliphatic rings. The zero-order valence-corrected chi connectivity index (χ0v) is 15.0. The zero-order valence-electron chi connectivity index (χ0n) is 14.2. The fraction of sp³-hybridized carbons (Fsp3) is 0.158. The summed E-state index contributed by atoms with van der Waals surface area (Å²) in [6.07, 6.45) is 4.77. The maximum Gasteiger partial charge on any atom is 0.243 e. The summed E-state index contributed by atoms with van der Waals surface area (Å²) < 4.78 is 32.9. The number of rotatable bonds is 7. The van der Waals surface area contributed by atoms with Gasteiger partial charge in [0.05, 0.1) is 17.7 Å². The summed E-state index contributed by atoms with van der Waals surface area (Å²) >= 11 is 0. The molecular weight excluding hydrogens is 352 g/mol. The molecule has 0 bridgehead atoms. The molecule has 0 N–H and O–H groups in total. The van der Waals surface area contributed by atoms with Gasteiger partial charge in [0.1, 0.15) is 5.76 Å². The second kappa shape index (κ2) is 7.63. The maximum atomic E-state index is 13.1.